The summed E-state index contributed by atoms with van der Waals surface area (Å²) >= 11 is 12.6. The quantitative estimate of drug-likeness (QED) is 0.599. The predicted molar refractivity (Wildman–Crippen MR) is 118 cm³/mol. The molecule has 3 aromatic rings. The fraction of sp³-hybridized carbons (Fsp3) is 0.273. The van der Waals surface area contributed by atoms with Crippen LogP contribution in [0.3, 0.4) is 0 Å². The first-order valence-electron chi connectivity index (χ1n) is 9.66. The summed E-state index contributed by atoms with van der Waals surface area (Å²) in [5.74, 6) is 0.0155. The number of rotatable bonds is 4. The van der Waals surface area contributed by atoms with Crippen molar-refractivity contribution in [3.63, 3.8) is 0 Å². The van der Waals surface area contributed by atoms with Crippen LogP contribution in [0, 0.1) is 6.92 Å². The Labute approximate surface area is 180 Å². The molecule has 2 aromatic carbocycles. The van der Waals surface area contributed by atoms with Crippen molar-refractivity contribution < 1.29 is 4.79 Å². The molecule has 0 atom stereocenters. The monoisotopic (exact) mass is 428 g/mol. The van der Waals surface area contributed by atoms with Gasteiger partial charge in [-0.25, -0.2) is 4.68 Å². The predicted octanol–water partition coefficient (Wildman–Crippen LogP) is 5.21. The molecule has 1 fully saturated rings. The van der Waals surface area contributed by atoms with Gasteiger partial charge < -0.3 is 10.6 Å². The van der Waals surface area contributed by atoms with Crippen LogP contribution in [0.5, 0.6) is 0 Å². The molecule has 150 valence electrons. The van der Waals surface area contributed by atoms with Gasteiger partial charge in [0.05, 0.1) is 33.9 Å². The molecule has 0 spiro atoms. The minimum atomic E-state index is -0.211. The summed E-state index contributed by atoms with van der Waals surface area (Å²) in [6.45, 7) is 3.79. The smallest absolute Gasteiger partial charge is 0.259 e. The minimum absolute atomic E-state index is 0.211. The second-order valence-electron chi connectivity index (χ2n) is 7.20. The van der Waals surface area contributed by atoms with E-state index in [1.165, 1.54) is 0 Å². The highest BCUT2D eigenvalue weighted by Gasteiger charge is 2.28. The van der Waals surface area contributed by atoms with Crippen molar-refractivity contribution >= 4 is 34.8 Å². The van der Waals surface area contributed by atoms with Gasteiger partial charge in [-0.1, -0.05) is 41.4 Å². The highest BCUT2D eigenvalue weighted by molar-refractivity contribution is 6.34. The second-order valence-corrected chi connectivity index (χ2v) is 8.01. The van der Waals surface area contributed by atoms with Crippen LogP contribution in [0.1, 0.15) is 40.4 Å². The summed E-state index contributed by atoms with van der Waals surface area (Å²) in [5.41, 5.74) is 3.90. The number of carbonyl (C=O) groups is 1. The standard InChI is InChI=1S/C22H22Cl2N4O/c1-14-17(23)6-4-8-20(14)28-21(15-9-11-25-12-10-15)16(13-26-28)22(29)27-19-7-3-2-5-18(19)24/h2-8,13,15,25H,9-12H2,1H3,(H,27,29). The van der Waals surface area contributed by atoms with E-state index in [9.17, 15) is 4.79 Å². The Bertz CT molecular complexity index is 1040. The zero-order chi connectivity index (χ0) is 20.4. The lowest BCUT2D eigenvalue weighted by Crippen LogP contribution is -2.29. The van der Waals surface area contributed by atoms with Gasteiger partial charge in [-0.3, -0.25) is 4.79 Å². The van der Waals surface area contributed by atoms with Gasteiger partial charge in [0.25, 0.3) is 5.91 Å². The zero-order valence-electron chi connectivity index (χ0n) is 16.1. The number of halogens is 2. The first-order valence-corrected chi connectivity index (χ1v) is 10.4. The SMILES string of the molecule is Cc1c(Cl)cccc1-n1ncc(C(=O)Nc2ccccc2Cl)c1C1CCNCC1. The lowest BCUT2D eigenvalue weighted by atomic mass is 9.91. The number of para-hydroxylation sites is 1. The van der Waals surface area contributed by atoms with E-state index in [1.54, 1.807) is 18.3 Å². The van der Waals surface area contributed by atoms with Crippen LogP contribution >= 0.6 is 23.2 Å². The van der Waals surface area contributed by atoms with Gasteiger partial charge in [-0.2, -0.15) is 5.10 Å². The largest absolute Gasteiger partial charge is 0.321 e. The molecule has 1 saturated heterocycles. The first-order chi connectivity index (χ1) is 14.1. The lowest BCUT2D eigenvalue weighted by Gasteiger charge is -2.25. The zero-order valence-corrected chi connectivity index (χ0v) is 17.6. The number of benzene rings is 2. The molecule has 1 amide bonds. The molecule has 4 rings (SSSR count). The fourth-order valence-electron chi connectivity index (χ4n) is 3.79. The summed E-state index contributed by atoms with van der Waals surface area (Å²) in [4.78, 5) is 13.2. The van der Waals surface area contributed by atoms with Gasteiger partial charge in [0.15, 0.2) is 0 Å². The maximum Gasteiger partial charge on any atom is 0.259 e. The molecule has 5 nitrogen and oxygen atoms in total. The van der Waals surface area contributed by atoms with Crippen molar-refractivity contribution in [3.05, 3.63) is 75.5 Å². The van der Waals surface area contributed by atoms with E-state index in [1.807, 2.05) is 41.9 Å². The third-order valence-corrected chi connectivity index (χ3v) is 6.11. The number of amides is 1. The Morgan fingerprint density at radius 1 is 1.10 bits per heavy atom. The molecule has 2 heterocycles. The molecule has 0 unspecified atom stereocenters. The number of hydrogen-bond acceptors (Lipinski definition) is 3. The Morgan fingerprint density at radius 3 is 2.59 bits per heavy atom. The van der Waals surface area contributed by atoms with Gasteiger partial charge in [-0.15, -0.1) is 0 Å². The van der Waals surface area contributed by atoms with E-state index in [4.69, 9.17) is 23.2 Å². The Kier molecular flexibility index (Phi) is 5.90. The van der Waals surface area contributed by atoms with Gasteiger partial charge in [0.1, 0.15) is 0 Å². The third-order valence-electron chi connectivity index (χ3n) is 5.37. The number of carbonyl (C=O) groups excluding carboxylic acids is 1. The fourth-order valence-corrected chi connectivity index (χ4v) is 4.14. The van der Waals surface area contributed by atoms with Crippen molar-refractivity contribution in [2.45, 2.75) is 25.7 Å². The van der Waals surface area contributed by atoms with Crippen LogP contribution in [-0.2, 0) is 0 Å². The van der Waals surface area contributed by atoms with Crippen molar-refractivity contribution in [2.24, 2.45) is 0 Å². The molecule has 29 heavy (non-hydrogen) atoms. The van der Waals surface area contributed by atoms with Gasteiger partial charge in [0.2, 0.25) is 0 Å². The molecular weight excluding hydrogens is 407 g/mol. The first kappa shape index (κ1) is 20.0. The molecule has 0 bridgehead atoms. The summed E-state index contributed by atoms with van der Waals surface area (Å²) in [7, 11) is 0. The molecule has 0 saturated carbocycles. The summed E-state index contributed by atoms with van der Waals surface area (Å²) in [5, 5.41) is 12.1. The van der Waals surface area contributed by atoms with Crippen molar-refractivity contribution in [1.82, 2.24) is 15.1 Å². The van der Waals surface area contributed by atoms with E-state index >= 15 is 0 Å². The van der Waals surface area contributed by atoms with E-state index in [0.717, 1.165) is 42.9 Å². The van der Waals surface area contributed by atoms with Crippen LogP contribution in [0.2, 0.25) is 10.0 Å². The Balaban J connectivity index is 1.78. The van der Waals surface area contributed by atoms with Crippen LogP contribution in [-0.4, -0.2) is 28.8 Å². The van der Waals surface area contributed by atoms with E-state index < -0.39 is 0 Å². The second kappa shape index (κ2) is 8.57. The number of aromatic nitrogens is 2. The van der Waals surface area contributed by atoms with Gasteiger partial charge in [-0.05, 0) is 62.7 Å². The summed E-state index contributed by atoms with van der Waals surface area (Å²) in [6, 6.07) is 13.0. The average Bonchev–Trinajstić information content (AvgIpc) is 3.17. The summed E-state index contributed by atoms with van der Waals surface area (Å²) in [6.07, 6.45) is 3.53. The highest BCUT2D eigenvalue weighted by atomic mass is 35.5. The van der Waals surface area contributed by atoms with Crippen LogP contribution in [0.25, 0.3) is 5.69 Å². The maximum atomic E-state index is 13.2. The molecule has 2 N–H and O–H groups in total. The highest BCUT2D eigenvalue weighted by Crippen LogP contribution is 2.33. The topological polar surface area (TPSA) is 59.0 Å². The number of piperidine rings is 1. The van der Waals surface area contributed by atoms with Crippen molar-refractivity contribution in [2.75, 3.05) is 18.4 Å². The number of nitrogens with one attached hydrogen (secondary N) is 2. The van der Waals surface area contributed by atoms with Crippen LogP contribution in [0.15, 0.2) is 48.7 Å². The van der Waals surface area contributed by atoms with Crippen LogP contribution < -0.4 is 10.6 Å². The third kappa shape index (κ3) is 4.04. The maximum absolute atomic E-state index is 13.2. The summed E-state index contributed by atoms with van der Waals surface area (Å²) < 4.78 is 1.87. The van der Waals surface area contributed by atoms with Crippen molar-refractivity contribution in [3.8, 4) is 5.69 Å². The van der Waals surface area contributed by atoms with Gasteiger partial charge in [0, 0.05) is 10.9 Å². The normalized spacial score (nSPS) is 14.7. The lowest BCUT2D eigenvalue weighted by molar-refractivity contribution is 0.102. The molecule has 0 radical (unpaired) electrons. The van der Waals surface area contributed by atoms with E-state index in [2.05, 4.69) is 15.7 Å². The van der Waals surface area contributed by atoms with E-state index in [-0.39, 0.29) is 11.8 Å². The van der Waals surface area contributed by atoms with E-state index in [0.29, 0.717) is 21.3 Å². The van der Waals surface area contributed by atoms with Gasteiger partial charge >= 0.3 is 0 Å². The number of anilines is 1. The Morgan fingerprint density at radius 2 is 1.83 bits per heavy atom. The molecule has 1 aromatic heterocycles. The average molecular weight is 429 g/mol. The molecule has 1 aliphatic rings. The van der Waals surface area contributed by atoms with Crippen molar-refractivity contribution in [1.29, 1.82) is 0 Å². The Hall–Kier alpha value is -2.34. The number of nitrogens with zero attached hydrogens (tertiary/aromatic N) is 2. The molecule has 7 heteroatoms. The molecule has 1 aliphatic heterocycles. The molecule has 0 aliphatic carbocycles. The van der Waals surface area contributed by atoms with Crippen LogP contribution in [0.4, 0.5) is 5.69 Å². The minimum Gasteiger partial charge on any atom is -0.321 e. The molecular formula is C22H22Cl2N4O. The number of hydrogen-bond donors (Lipinski definition) is 2.